The van der Waals surface area contributed by atoms with Crippen molar-refractivity contribution in [1.29, 1.82) is 0 Å². The largest absolute Gasteiger partial charge is 0.345 e. The molecule has 0 aliphatic heterocycles. The highest BCUT2D eigenvalue weighted by atomic mass is 19.1. The number of benzene rings is 1. The van der Waals surface area contributed by atoms with E-state index in [4.69, 9.17) is 5.73 Å². The van der Waals surface area contributed by atoms with Gasteiger partial charge in [-0.2, -0.15) is 0 Å². The average molecular weight is 307 g/mol. The van der Waals surface area contributed by atoms with Gasteiger partial charge in [0, 0.05) is 25.7 Å². The first-order valence-electron chi connectivity index (χ1n) is 7.46. The zero-order chi connectivity index (χ0) is 16.3. The number of hydrogen-bond donors (Lipinski definition) is 2. The number of hydrogen-bond acceptors (Lipinski definition) is 3. The first-order valence-corrected chi connectivity index (χ1v) is 7.46. The molecule has 1 aromatic carbocycles. The second kappa shape index (κ2) is 6.87. The molecular weight excluding hydrogens is 285 g/mol. The van der Waals surface area contributed by atoms with Gasteiger partial charge in [-0.15, -0.1) is 0 Å². The Balaban J connectivity index is 2.15. The molecule has 2 amide bonds. The standard InChI is InChI=1S/C16H22FN3O2/c1-20(2)16(22)13-8-11(6-7-14(13)17)19-15(21)12-5-3-4-10(12)9-18/h6-8,10,12H,3-5,9,18H2,1-2H3,(H,19,21)/t10-,12-/m1/s1. The fraction of sp³-hybridized carbons (Fsp3) is 0.500. The zero-order valence-electron chi connectivity index (χ0n) is 12.9. The number of nitrogens with one attached hydrogen (secondary N) is 1. The minimum absolute atomic E-state index is 0.0513. The van der Waals surface area contributed by atoms with Gasteiger partial charge in [-0.05, 0) is 43.5 Å². The van der Waals surface area contributed by atoms with Crippen molar-refractivity contribution in [3.8, 4) is 0 Å². The smallest absolute Gasteiger partial charge is 0.256 e. The molecule has 2 rings (SSSR count). The van der Waals surface area contributed by atoms with Crippen molar-refractivity contribution in [2.24, 2.45) is 17.6 Å². The Bertz CT molecular complexity index is 575. The van der Waals surface area contributed by atoms with Crippen LogP contribution in [0.5, 0.6) is 0 Å². The second-order valence-electron chi connectivity index (χ2n) is 5.92. The maximum absolute atomic E-state index is 13.8. The summed E-state index contributed by atoms with van der Waals surface area (Å²) in [5.74, 6) is -1.05. The summed E-state index contributed by atoms with van der Waals surface area (Å²) in [5.41, 5.74) is 6.07. The monoisotopic (exact) mass is 307 g/mol. The number of carbonyl (C=O) groups excluding carboxylic acids is 2. The number of rotatable bonds is 4. The topological polar surface area (TPSA) is 75.4 Å². The third-order valence-corrected chi connectivity index (χ3v) is 4.17. The van der Waals surface area contributed by atoms with Gasteiger partial charge in [0.2, 0.25) is 5.91 Å². The van der Waals surface area contributed by atoms with Crippen LogP contribution in [0.25, 0.3) is 0 Å². The van der Waals surface area contributed by atoms with Crippen LogP contribution in [0.15, 0.2) is 18.2 Å². The lowest BCUT2D eigenvalue weighted by molar-refractivity contribution is -0.120. The molecule has 1 aliphatic rings. The van der Waals surface area contributed by atoms with Gasteiger partial charge in [0.05, 0.1) is 5.56 Å². The van der Waals surface area contributed by atoms with Crippen LogP contribution in [0, 0.1) is 17.7 Å². The van der Waals surface area contributed by atoms with Crippen LogP contribution in [-0.2, 0) is 4.79 Å². The average Bonchev–Trinajstić information content (AvgIpc) is 2.97. The summed E-state index contributed by atoms with van der Waals surface area (Å²) >= 11 is 0. The SMILES string of the molecule is CN(C)C(=O)c1cc(NC(=O)[C@@H]2CCC[C@@H]2CN)ccc1F. The van der Waals surface area contributed by atoms with Gasteiger partial charge in [-0.1, -0.05) is 6.42 Å². The van der Waals surface area contributed by atoms with E-state index in [1.807, 2.05) is 0 Å². The van der Waals surface area contributed by atoms with Crippen LogP contribution < -0.4 is 11.1 Å². The molecule has 6 heteroatoms. The van der Waals surface area contributed by atoms with Crippen molar-refractivity contribution in [2.45, 2.75) is 19.3 Å². The van der Waals surface area contributed by atoms with Gasteiger partial charge < -0.3 is 16.0 Å². The minimum Gasteiger partial charge on any atom is -0.345 e. The summed E-state index contributed by atoms with van der Waals surface area (Å²) in [5, 5.41) is 2.78. The predicted octanol–water partition coefficient (Wildman–Crippen LogP) is 1.84. The van der Waals surface area contributed by atoms with Gasteiger partial charge in [0.25, 0.3) is 5.91 Å². The van der Waals surface area contributed by atoms with E-state index in [9.17, 15) is 14.0 Å². The molecule has 0 bridgehead atoms. The first-order chi connectivity index (χ1) is 10.4. The third-order valence-electron chi connectivity index (χ3n) is 4.17. The molecule has 0 aromatic heterocycles. The lowest BCUT2D eigenvalue weighted by Crippen LogP contribution is -2.30. The molecule has 22 heavy (non-hydrogen) atoms. The van der Waals surface area contributed by atoms with Crippen molar-refractivity contribution in [3.05, 3.63) is 29.6 Å². The fourth-order valence-corrected chi connectivity index (χ4v) is 2.91. The second-order valence-corrected chi connectivity index (χ2v) is 5.92. The Kier molecular flexibility index (Phi) is 5.13. The first kappa shape index (κ1) is 16.4. The number of carbonyl (C=O) groups is 2. The summed E-state index contributed by atoms with van der Waals surface area (Å²) in [6.07, 6.45) is 2.77. The highest BCUT2D eigenvalue weighted by Crippen LogP contribution is 2.32. The van der Waals surface area contributed by atoms with Crippen LogP contribution >= 0.6 is 0 Å². The maximum atomic E-state index is 13.8. The predicted molar refractivity (Wildman–Crippen MR) is 82.9 cm³/mol. The van der Waals surface area contributed by atoms with E-state index < -0.39 is 11.7 Å². The molecular formula is C16H22FN3O2. The van der Waals surface area contributed by atoms with Crippen molar-refractivity contribution in [2.75, 3.05) is 26.0 Å². The summed E-state index contributed by atoms with van der Waals surface area (Å²) in [4.78, 5) is 25.5. The van der Waals surface area contributed by atoms with E-state index in [2.05, 4.69) is 5.32 Å². The van der Waals surface area contributed by atoms with E-state index in [1.54, 1.807) is 14.1 Å². The van der Waals surface area contributed by atoms with Crippen LogP contribution in [0.1, 0.15) is 29.6 Å². The van der Waals surface area contributed by atoms with E-state index >= 15 is 0 Å². The highest BCUT2D eigenvalue weighted by Gasteiger charge is 2.32. The van der Waals surface area contributed by atoms with Gasteiger partial charge in [-0.3, -0.25) is 9.59 Å². The van der Waals surface area contributed by atoms with Crippen LogP contribution in [0.3, 0.4) is 0 Å². The zero-order valence-corrected chi connectivity index (χ0v) is 12.9. The number of nitrogens with two attached hydrogens (primary N) is 1. The molecule has 1 fully saturated rings. The van der Waals surface area contributed by atoms with E-state index in [1.165, 1.54) is 23.1 Å². The van der Waals surface area contributed by atoms with E-state index in [0.29, 0.717) is 12.2 Å². The molecule has 0 radical (unpaired) electrons. The number of anilines is 1. The number of amides is 2. The Labute approximate surface area is 129 Å². The molecule has 0 heterocycles. The summed E-state index contributed by atoms with van der Waals surface area (Å²) in [6, 6.07) is 4.04. The van der Waals surface area contributed by atoms with E-state index in [0.717, 1.165) is 19.3 Å². The normalized spacial score (nSPS) is 20.7. The van der Waals surface area contributed by atoms with Crippen LogP contribution in [-0.4, -0.2) is 37.4 Å². The van der Waals surface area contributed by atoms with Crippen LogP contribution in [0.4, 0.5) is 10.1 Å². The Morgan fingerprint density at radius 3 is 2.73 bits per heavy atom. The van der Waals surface area contributed by atoms with Crippen molar-refractivity contribution in [3.63, 3.8) is 0 Å². The summed E-state index contributed by atoms with van der Waals surface area (Å²) in [7, 11) is 3.11. The fourth-order valence-electron chi connectivity index (χ4n) is 2.91. The lowest BCUT2D eigenvalue weighted by Gasteiger charge is -2.18. The molecule has 5 nitrogen and oxygen atoms in total. The molecule has 120 valence electrons. The van der Waals surface area contributed by atoms with Crippen molar-refractivity contribution >= 4 is 17.5 Å². The molecule has 0 spiro atoms. The third kappa shape index (κ3) is 3.44. The number of halogens is 1. The highest BCUT2D eigenvalue weighted by molar-refractivity contribution is 5.97. The van der Waals surface area contributed by atoms with Crippen molar-refractivity contribution < 1.29 is 14.0 Å². The Morgan fingerprint density at radius 1 is 1.36 bits per heavy atom. The summed E-state index contributed by atoms with van der Waals surface area (Å²) < 4.78 is 13.8. The molecule has 0 unspecified atom stereocenters. The van der Waals surface area contributed by atoms with Gasteiger partial charge in [0.1, 0.15) is 5.82 Å². The molecule has 1 saturated carbocycles. The summed E-state index contributed by atoms with van der Waals surface area (Å²) in [6.45, 7) is 0.492. The Hall–Kier alpha value is -1.95. The van der Waals surface area contributed by atoms with Crippen LogP contribution in [0.2, 0.25) is 0 Å². The minimum atomic E-state index is -0.600. The number of nitrogens with zero attached hydrogens (tertiary/aromatic N) is 1. The maximum Gasteiger partial charge on any atom is 0.256 e. The molecule has 1 aliphatic carbocycles. The van der Waals surface area contributed by atoms with Gasteiger partial charge >= 0.3 is 0 Å². The van der Waals surface area contributed by atoms with Gasteiger partial charge in [0.15, 0.2) is 0 Å². The molecule has 0 saturated heterocycles. The molecule has 3 N–H and O–H groups in total. The molecule has 2 atom stereocenters. The van der Waals surface area contributed by atoms with E-state index in [-0.39, 0.29) is 23.3 Å². The van der Waals surface area contributed by atoms with Gasteiger partial charge in [-0.25, -0.2) is 4.39 Å². The Morgan fingerprint density at radius 2 is 2.09 bits per heavy atom. The lowest BCUT2D eigenvalue weighted by atomic mass is 9.95. The van der Waals surface area contributed by atoms with Crippen molar-refractivity contribution in [1.82, 2.24) is 4.90 Å². The quantitative estimate of drug-likeness (QED) is 0.891. The molecule has 1 aromatic rings.